The summed E-state index contributed by atoms with van der Waals surface area (Å²) in [6.45, 7) is 0. The van der Waals surface area contributed by atoms with Crippen LogP contribution in [0.3, 0.4) is 0 Å². The fraction of sp³-hybridized carbons (Fsp3) is 0.333. The molecule has 0 aliphatic rings. The Kier molecular flexibility index (Phi) is 4.36. The zero-order valence-corrected chi connectivity index (χ0v) is 8.50. The Hall–Kier alpha value is -1.24. The van der Waals surface area contributed by atoms with Crippen molar-refractivity contribution < 1.29 is 38.8 Å². The molecule has 0 aromatic carbocycles. The van der Waals surface area contributed by atoms with Crippen LogP contribution in [0.4, 0.5) is 16.6 Å². The number of halogens is 4. The Morgan fingerprint density at radius 1 is 1.19 bits per heavy atom. The van der Waals surface area contributed by atoms with E-state index in [1.165, 1.54) is 0 Å². The van der Waals surface area contributed by atoms with Crippen LogP contribution in [0.5, 0.6) is 0 Å². The predicted octanol–water partition coefficient (Wildman–Crippen LogP) is -1.38. The maximum Gasteiger partial charge on any atom is 0.402 e. The van der Waals surface area contributed by atoms with Crippen LogP contribution in [0, 0.1) is 0 Å². The third kappa shape index (κ3) is 4.52. The van der Waals surface area contributed by atoms with Gasteiger partial charge in [0.2, 0.25) is 0 Å². The highest BCUT2D eigenvalue weighted by Crippen LogP contribution is 2.14. The Morgan fingerprint density at radius 3 is 1.94 bits per heavy atom. The average Bonchev–Trinajstić information content (AvgIpc) is 1.99. The van der Waals surface area contributed by atoms with Crippen molar-refractivity contribution in [2.24, 2.45) is 0 Å². The van der Waals surface area contributed by atoms with E-state index in [4.69, 9.17) is 0 Å². The lowest BCUT2D eigenvalue weighted by atomic mass is 10.3. The number of alkyl halides is 2. The van der Waals surface area contributed by atoms with Gasteiger partial charge in [-0.2, -0.15) is 17.2 Å². The number of hydrogen-bond donors (Lipinski definition) is 2. The summed E-state index contributed by atoms with van der Waals surface area (Å²) in [6, 6.07) is 0. The molecule has 0 radical (unpaired) electrons. The van der Waals surface area contributed by atoms with E-state index in [0.717, 1.165) is 0 Å². The summed E-state index contributed by atoms with van der Waals surface area (Å²) < 4.78 is 78.2. The largest absolute Gasteiger partial charge is 0.402 e. The molecular formula is C3H2F4N2O5S2. The molecule has 1 atom stereocenters. The van der Waals surface area contributed by atoms with Gasteiger partial charge in [0, 0.05) is 0 Å². The van der Waals surface area contributed by atoms with Crippen molar-refractivity contribution in [2.75, 3.05) is 0 Å². The van der Waals surface area contributed by atoms with Crippen LogP contribution in [0.1, 0.15) is 0 Å². The number of carbonyl (C=O) groups excluding carboxylic acids is 2. The van der Waals surface area contributed by atoms with E-state index in [9.17, 15) is 38.8 Å². The van der Waals surface area contributed by atoms with E-state index in [0.29, 0.717) is 4.72 Å². The fourth-order valence-electron chi connectivity index (χ4n) is 0.415. The average molecular weight is 286 g/mol. The topological polar surface area (TPSA) is 109 Å². The molecule has 0 aliphatic carbocycles. The van der Waals surface area contributed by atoms with Crippen molar-refractivity contribution in [3.8, 4) is 0 Å². The predicted molar refractivity (Wildman–Crippen MR) is 40.5 cm³/mol. The summed E-state index contributed by atoms with van der Waals surface area (Å²) in [5, 5.41) is 0. The second-order valence-electron chi connectivity index (χ2n) is 2.10. The van der Waals surface area contributed by atoms with Gasteiger partial charge in [0.15, 0.2) is 0 Å². The van der Waals surface area contributed by atoms with Gasteiger partial charge < -0.3 is 0 Å². The van der Waals surface area contributed by atoms with E-state index in [1.54, 1.807) is 0 Å². The summed E-state index contributed by atoms with van der Waals surface area (Å²) in [4.78, 5) is 20.7. The Balaban J connectivity index is 4.85. The van der Waals surface area contributed by atoms with Gasteiger partial charge in [0.1, 0.15) is 0 Å². The number of carbonyl (C=O) groups is 2. The fourth-order valence-corrected chi connectivity index (χ4v) is 1.04. The standard InChI is InChI=1S/C3H2F4N2O5S2/c4-3(5,1(10)8-15(6)12)2(11)9-16(7,13)14/h(H,8,10)(H,9,11). The first-order valence-electron chi connectivity index (χ1n) is 3.00. The van der Waals surface area contributed by atoms with Crippen molar-refractivity contribution in [1.29, 1.82) is 0 Å². The molecule has 94 valence electrons. The van der Waals surface area contributed by atoms with E-state index in [1.807, 2.05) is 0 Å². The maximum atomic E-state index is 12.5. The van der Waals surface area contributed by atoms with Crippen LogP contribution in [-0.2, 0) is 31.4 Å². The zero-order valence-electron chi connectivity index (χ0n) is 6.87. The minimum absolute atomic E-state index is 0.148. The number of amides is 2. The Labute approximate surface area is 88.4 Å². The second kappa shape index (κ2) is 4.73. The highest BCUT2D eigenvalue weighted by Gasteiger charge is 2.49. The number of nitrogens with one attached hydrogen (secondary N) is 2. The molecule has 0 fully saturated rings. The van der Waals surface area contributed by atoms with Crippen molar-refractivity contribution >= 4 is 33.6 Å². The maximum absolute atomic E-state index is 12.5. The van der Waals surface area contributed by atoms with Crippen LogP contribution in [0.2, 0.25) is 0 Å². The smallest absolute Gasteiger partial charge is 0.266 e. The third-order valence-corrected chi connectivity index (χ3v) is 1.73. The number of rotatable bonds is 4. The minimum Gasteiger partial charge on any atom is -0.266 e. The van der Waals surface area contributed by atoms with Gasteiger partial charge in [-0.15, -0.1) is 3.89 Å². The van der Waals surface area contributed by atoms with Crippen LogP contribution in [-0.4, -0.2) is 30.4 Å². The minimum atomic E-state index is -5.80. The summed E-state index contributed by atoms with van der Waals surface area (Å²) in [5.74, 6) is -10.6. The van der Waals surface area contributed by atoms with Gasteiger partial charge in [-0.1, -0.05) is 3.89 Å². The van der Waals surface area contributed by atoms with E-state index in [-0.39, 0.29) is 4.72 Å². The van der Waals surface area contributed by atoms with Crippen LogP contribution in [0.15, 0.2) is 0 Å². The van der Waals surface area contributed by atoms with E-state index >= 15 is 0 Å². The van der Waals surface area contributed by atoms with Gasteiger partial charge in [0.25, 0.3) is 0 Å². The third-order valence-electron chi connectivity index (χ3n) is 0.958. The first kappa shape index (κ1) is 14.8. The molecular weight excluding hydrogens is 284 g/mol. The Bertz CT molecular complexity index is 433. The van der Waals surface area contributed by atoms with Gasteiger partial charge >= 0.3 is 39.5 Å². The molecule has 7 nitrogen and oxygen atoms in total. The van der Waals surface area contributed by atoms with E-state index < -0.39 is 39.5 Å². The monoisotopic (exact) mass is 286 g/mol. The summed E-state index contributed by atoms with van der Waals surface area (Å²) >= 11 is -3.68. The van der Waals surface area contributed by atoms with Crippen molar-refractivity contribution in [1.82, 2.24) is 9.44 Å². The molecule has 0 saturated heterocycles. The molecule has 0 spiro atoms. The van der Waals surface area contributed by atoms with Gasteiger partial charge in [-0.05, 0) is 0 Å². The zero-order chi connectivity index (χ0) is 13.1. The highest BCUT2D eigenvalue weighted by molar-refractivity contribution is 7.85. The second-order valence-corrected chi connectivity index (χ2v) is 3.83. The summed E-state index contributed by atoms with van der Waals surface area (Å²) in [7, 11) is -5.80. The van der Waals surface area contributed by atoms with Crippen molar-refractivity contribution in [3.63, 3.8) is 0 Å². The normalized spacial score (nSPS) is 14.0. The molecule has 0 bridgehead atoms. The molecule has 2 N–H and O–H groups in total. The van der Waals surface area contributed by atoms with Gasteiger partial charge in [-0.25, -0.2) is 13.7 Å². The van der Waals surface area contributed by atoms with Crippen molar-refractivity contribution in [3.05, 3.63) is 0 Å². The number of hydrogen-bond acceptors (Lipinski definition) is 5. The summed E-state index contributed by atoms with van der Waals surface area (Å²) in [5.41, 5.74) is 0. The molecule has 0 heterocycles. The first-order chi connectivity index (χ1) is 6.97. The molecule has 0 aromatic heterocycles. The first-order valence-corrected chi connectivity index (χ1v) is 5.44. The van der Waals surface area contributed by atoms with Gasteiger partial charge in [0.05, 0.1) is 0 Å². The Morgan fingerprint density at radius 2 is 1.62 bits per heavy atom. The lowest BCUT2D eigenvalue weighted by molar-refractivity contribution is -0.157. The van der Waals surface area contributed by atoms with Crippen molar-refractivity contribution in [2.45, 2.75) is 5.92 Å². The molecule has 13 heteroatoms. The molecule has 0 aromatic rings. The molecule has 0 saturated carbocycles. The van der Waals surface area contributed by atoms with E-state index in [2.05, 4.69) is 0 Å². The molecule has 2 amide bonds. The van der Waals surface area contributed by atoms with Crippen LogP contribution >= 0.6 is 0 Å². The van der Waals surface area contributed by atoms with Crippen LogP contribution in [0.25, 0.3) is 0 Å². The lowest BCUT2D eigenvalue weighted by Gasteiger charge is -2.11. The van der Waals surface area contributed by atoms with Gasteiger partial charge in [-0.3, -0.25) is 9.59 Å². The molecule has 0 rings (SSSR count). The molecule has 1 unspecified atom stereocenters. The SMILES string of the molecule is O=C(NS(=O)F)C(F)(F)C(=O)NS(=O)(=O)F. The lowest BCUT2D eigenvalue weighted by Crippen LogP contribution is -2.51. The highest BCUT2D eigenvalue weighted by atomic mass is 32.3. The molecule has 0 aliphatic heterocycles. The quantitative estimate of drug-likeness (QED) is 0.376. The molecule has 16 heavy (non-hydrogen) atoms. The van der Waals surface area contributed by atoms with Crippen LogP contribution < -0.4 is 9.44 Å². The summed E-state index contributed by atoms with van der Waals surface area (Å²) in [6.07, 6.45) is 0.